The average Bonchev–Trinajstić information content (AvgIpc) is 2.71. The van der Waals surface area contributed by atoms with Crippen LogP contribution in [0.25, 0.3) is 0 Å². The molecule has 2 aromatic rings. The summed E-state index contributed by atoms with van der Waals surface area (Å²) in [6, 6.07) is 11.8. The molecule has 148 valence electrons. The van der Waals surface area contributed by atoms with Gasteiger partial charge in [-0.15, -0.1) is 0 Å². The zero-order chi connectivity index (χ0) is 20.1. The van der Waals surface area contributed by atoms with E-state index in [2.05, 4.69) is 10.9 Å². The zero-order valence-electron chi connectivity index (χ0n) is 15.9. The third-order valence-electron chi connectivity index (χ3n) is 4.13. The molecular formula is C20H22N2O6. The number of methoxy groups -OCH3 is 1. The monoisotopic (exact) mass is 386 g/mol. The van der Waals surface area contributed by atoms with Crippen molar-refractivity contribution in [1.29, 1.82) is 0 Å². The summed E-state index contributed by atoms with van der Waals surface area (Å²) in [7, 11) is 1.49. The molecule has 1 heterocycles. The molecule has 8 heteroatoms. The quantitative estimate of drug-likeness (QED) is 0.764. The Balaban J connectivity index is 1.62. The Hall–Kier alpha value is -3.42. The number of hydrogen-bond acceptors (Lipinski definition) is 6. The van der Waals surface area contributed by atoms with Crippen molar-refractivity contribution in [2.45, 2.75) is 26.1 Å². The second-order valence-electron chi connectivity index (χ2n) is 6.05. The summed E-state index contributed by atoms with van der Waals surface area (Å²) in [6.45, 7) is 4.05. The number of carbonyl (C=O) groups is 2. The number of rotatable bonds is 5. The minimum absolute atomic E-state index is 0.305. The predicted octanol–water partition coefficient (Wildman–Crippen LogP) is 2.08. The molecule has 0 aliphatic carbocycles. The van der Waals surface area contributed by atoms with Gasteiger partial charge in [-0.3, -0.25) is 20.4 Å². The molecule has 0 saturated heterocycles. The Labute approximate surface area is 162 Å². The summed E-state index contributed by atoms with van der Waals surface area (Å²) in [4.78, 5) is 24.8. The molecule has 2 amide bonds. The first-order valence-corrected chi connectivity index (χ1v) is 8.86. The lowest BCUT2D eigenvalue weighted by Gasteiger charge is -2.30. The third kappa shape index (κ3) is 4.11. The van der Waals surface area contributed by atoms with E-state index < -0.39 is 24.0 Å². The van der Waals surface area contributed by atoms with Gasteiger partial charge >= 0.3 is 0 Å². The van der Waals surface area contributed by atoms with Crippen LogP contribution in [0.1, 0.15) is 24.2 Å². The first-order chi connectivity index (χ1) is 13.5. The lowest BCUT2D eigenvalue weighted by atomic mass is 10.1. The summed E-state index contributed by atoms with van der Waals surface area (Å²) in [6.07, 6.45) is -1.41. The highest BCUT2D eigenvalue weighted by Crippen LogP contribution is 2.33. The van der Waals surface area contributed by atoms with Gasteiger partial charge in [-0.05, 0) is 44.2 Å². The minimum Gasteiger partial charge on any atom is -0.493 e. The second kappa shape index (κ2) is 8.51. The predicted molar refractivity (Wildman–Crippen MR) is 101 cm³/mol. The van der Waals surface area contributed by atoms with Gasteiger partial charge in [0.15, 0.2) is 23.0 Å². The van der Waals surface area contributed by atoms with Crippen molar-refractivity contribution >= 4 is 11.8 Å². The number of nitrogens with one attached hydrogen (secondary N) is 2. The van der Waals surface area contributed by atoms with Gasteiger partial charge < -0.3 is 18.9 Å². The molecule has 1 aliphatic heterocycles. The number of amides is 2. The summed E-state index contributed by atoms with van der Waals surface area (Å²) >= 11 is 0. The van der Waals surface area contributed by atoms with E-state index in [1.165, 1.54) is 13.2 Å². The molecule has 2 aromatic carbocycles. The molecule has 0 fully saturated rings. The highest BCUT2D eigenvalue weighted by Gasteiger charge is 2.34. The number of carbonyl (C=O) groups excluding carboxylic acids is 2. The maximum absolute atomic E-state index is 12.4. The minimum atomic E-state index is -0.898. The van der Waals surface area contributed by atoms with E-state index >= 15 is 0 Å². The molecule has 0 aromatic heterocycles. The number of fused-ring (bicyclic) bond motifs is 1. The summed E-state index contributed by atoms with van der Waals surface area (Å²) in [5.74, 6) is 0.988. The van der Waals surface area contributed by atoms with Gasteiger partial charge in [-0.2, -0.15) is 0 Å². The largest absolute Gasteiger partial charge is 0.493 e. The van der Waals surface area contributed by atoms with Crippen LogP contribution in [0, 0.1) is 0 Å². The van der Waals surface area contributed by atoms with Gasteiger partial charge in [0.05, 0.1) is 13.7 Å². The van der Waals surface area contributed by atoms with E-state index in [1.54, 1.807) is 37.3 Å². The summed E-state index contributed by atoms with van der Waals surface area (Å²) < 4.78 is 22.0. The number of hydrazine groups is 1. The van der Waals surface area contributed by atoms with Crippen LogP contribution in [-0.2, 0) is 4.79 Å². The maximum atomic E-state index is 12.4. The second-order valence-corrected chi connectivity index (χ2v) is 6.05. The molecular weight excluding hydrogens is 364 g/mol. The van der Waals surface area contributed by atoms with Crippen molar-refractivity contribution in [3.8, 4) is 23.0 Å². The van der Waals surface area contributed by atoms with E-state index in [1.807, 2.05) is 13.0 Å². The van der Waals surface area contributed by atoms with Gasteiger partial charge in [0.25, 0.3) is 11.8 Å². The van der Waals surface area contributed by atoms with Gasteiger partial charge in [-0.25, -0.2) is 0 Å². The molecule has 2 N–H and O–H groups in total. The molecule has 0 unspecified atom stereocenters. The summed E-state index contributed by atoms with van der Waals surface area (Å²) in [5.41, 5.74) is 5.05. The highest BCUT2D eigenvalue weighted by molar-refractivity contribution is 5.96. The fourth-order valence-corrected chi connectivity index (χ4v) is 2.75. The average molecular weight is 386 g/mol. The molecule has 28 heavy (non-hydrogen) atoms. The van der Waals surface area contributed by atoms with Crippen LogP contribution in [0.4, 0.5) is 0 Å². The Morgan fingerprint density at radius 3 is 2.43 bits per heavy atom. The lowest BCUT2D eigenvalue weighted by molar-refractivity contribution is -0.134. The van der Waals surface area contributed by atoms with Crippen molar-refractivity contribution in [3.05, 3.63) is 48.0 Å². The number of ether oxygens (including phenoxy) is 4. The van der Waals surface area contributed by atoms with Crippen LogP contribution in [0.5, 0.6) is 23.0 Å². The van der Waals surface area contributed by atoms with Crippen LogP contribution in [-0.4, -0.2) is 37.7 Å². The van der Waals surface area contributed by atoms with E-state index in [0.717, 1.165) is 0 Å². The van der Waals surface area contributed by atoms with Crippen LogP contribution in [0.3, 0.4) is 0 Å². The fourth-order valence-electron chi connectivity index (χ4n) is 2.75. The van der Waals surface area contributed by atoms with Crippen LogP contribution < -0.4 is 29.8 Å². The highest BCUT2D eigenvalue weighted by atomic mass is 16.6. The van der Waals surface area contributed by atoms with Crippen molar-refractivity contribution in [2.75, 3.05) is 13.7 Å². The first kappa shape index (κ1) is 19.3. The Kier molecular flexibility index (Phi) is 5.88. The maximum Gasteiger partial charge on any atom is 0.283 e. The molecule has 0 saturated carbocycles. The molecule has 2 atom stereocenters. The van der Waals surface area contributed by atoms with Crippen molar-refractivity contribution in [3.63, 3.8) is 0 Å². The van der Waals surface area contributed by atoms with Crippen molar-refractivity contribution < 1.29 is 28.5 Å². The number of benzene rings is 2. The molecule has 0 bridgehead atoms. The Morgan fingerprint density at radius 2 is 1.75 bits per heavy atom. The van der Waals surface area contributed by atoms with E-state index in [0.29, 0.717) is 35.2 Å². The van der Waals surface area contributed by atoms with Crippen molar-refractivity contribution in [1.82, 2.24) is 10.9 Å². The topological polar surface area (TPSA) is 95.1 Å². The van der Waals surface area contributed by atoms with E-state index in [9.17, 15) is 9.59 Å². The summed E-state index contributed by atoms with van der Waals surface area (Å²) in [5, 5.41) is 0. The third-order valence-corrected chi connectivity index (χ3v) is 4.13. The molecule has 0 radical (unpaired) electrons. The van der Waals surface area contributed by atoms with Gasteiger partial charge in [0.2, 0.25) is 6.10 Å². The normalized spacial score (nSPS) is 17.4. The molecule has 8 nitrogen and oxygen atoms in total. The SMILES string of the molecule is CCOc1ccc(C(=O)NNC(=O)[C@H]2Oc3ccccc3O[C@H]2C)cc1OC. The molecule has 3 rings (SSSR count). The lowest BCUT2D eigenvalue weighted by Crippen LogP contribution is -2.53. The fraction of sp³-hybridized carbons (Fsp3) is 0.300. The van der Waals surface area contributed by atoms with Gasteiger partial charge in [0.1, 0.15) is 6.10 Å². The van der Waals surface area contributed by atoms with Crippen LogP contribution in [0.15, 0.2) is 42.5 Å². The van der Waals surface area contributed by atoms with Crippen molar-refractivity contribution in [2.24, 2.45) is 0 Å². The van der Waals surface area contributed by atoms with Gasteiger partial charge in [-0.1, -0.05) is 12.1 Å². The Bertz CT molecular complexity index is 870. The van der Waals surface area contributed by atoms with E-state index in [4.69, 9.17) is 18.9 Å². The molecule has 1 aliphatic rings. The van der Waals surface area contributed by atoms with Gasteiger partial charge in [0, 0.05) is 5.56 Å². The zero-order valence-corrected chi connectivity index (χ0v) is 15.9. The number of para-hydroxylation sites is 2. The molecule has 0 spiro atoms. The first-order valence-electron chi connectivity index (χ1n) is 8.86. The standard InChI is InChI=1S/C20H22N2O6/c1-4-26-14-10-9-13(11-17(14)25-3)19(23)21-22-20(24)18-12(2)27-15-7-5-6-8-16(15)28-18/h5-12,18H,4H2,1-3H3,(H,21,23)(H,22,24)/t12-,18-/m0/s1. The Morgan fingerprint density at radius 1 is 1.04 bits per heavy atom. The smallest absolute Gasteiger partial charge is 0.283 e. The van der Waals surface area contributed by atoms with Crippen LogP contribution >= 0.6 is 0 Å². The van der Waals surface area contributed by atoms with Crippen LogP contribution in [0.2, 0.25) is 0 Å². The van der Waals surface area contributed by atoms with E-state index in [-0.39, 0.29) is 0 Å². The number of hydrogen-bond donors (Lipinski definition) is 2.